The molecule has 0 aliphatic carbocycles. The Labute approximate surface area is 97.5 Å². The van der Waals surface area contributed by atoms with Gasteiger partial charge in [0, 0.05) is 18.3 Å². The van der Waals surface area contributed by atoms with E-state index in [0.717, 1.165) is 23.9 Å². The fraction of sp³-hybridized carbons (Fsp3) is 0.667. The molecular weight excluding hydrogens is 202 g/mol. The van der Waals surface area contributed by atoms with Gasteiger partial charge in [-0.15, -0.1) is 0 Å². The SMILES string of the molecule is CCNc1cc(C)nc(COC(C)(C)C)n1. The zero-order valence-corrected chi connectivity index (χ0v) is 10.8. The Morgan fingerprint density at radius 1 is 1.31 bits per heavy atom. The van der Waals surface area contributed by atoms with Crippen LogP contribution in [0.5, 0.6) is 0 Å². The average Bonchev–Trinajstić information content (AvgIpc) is 2.13. The van der Waals surface area contributed by atoms with E-state index in [4.69, 9.17) is 4.74 Å². The lowest BCUT2D eigenvalue weighted by molar-refractivity contribution is -0.0181. The van der Waals surface area contributed by atoms with Crippen molar-refractivity contribution in [2.24, 2.45) is 0 Å². The van der Waals surface area contributed by atoms with Gasteiger partial charge >= 0.3 is 0 Å². The predicted molar refractivity (Wildman–Crippen MR) is 65.5 cm³/mol. The Bertz CT molecular complexity index is 345. The molecule has 4 nitrogen and oxygen atoms in total. The number of aryl methyl sites for hydroxylation is 1. The van der Waals surface area contributed by atoms with Gasteiger partial charge in [0.2, 0.25) is 0 Å². The van der Waals surface area contributed by atoms with E-state index >= 15 is 0 Å². The summed E-state index contributed by atoms with van der Waals surface area (Å²) in [6.45, 7) is 11.4. The maximum absolute atomic E-state index is 5.65. The van der Waals surface area contributed by atoms with Crippen molar-refractivity contribution in [3.05, 3.63) is 17.6 Å². The lowest BCUT2D eigenvalue weighted by Crippen LogP contribution is -2.20. The van der Waals surface area contributed by atoms with E-state index in [1.165, 1.54) is 0 Å². The number of aromatic nitrogens is 2. The highest BCUT2D eigenvalue weighted by Gasteiger charge is 2.11. The summed E-state index contributed by atoms with van der Waals surface area (Å²) in [5, 5.41) is 3.18. The van der Waals surface area contributed by atoms with Crippen LogP contribution in [0, 0.1) is 6.92 Å². The van der Waals surface area contributed by atoms with Gasteiger partial charge in [-0.1, -0.05) is 0 Å². The van der Waals surface area contributed by atoms with Crippen molar-refractivity contribution >= 4 is 5.82 Å². The average molecular weight is 223 g/mol. The molecule has 0 aliphatic rings. The molecule has 0 radical (unpaired) electrons. The molecule has 0 unspecified atom stereocenters. The van der Waals surface area contributed by atoms with Gasteiger partial charge in [0.15, 0.2) is 5.82 Å². The molecule has 0 atom stereocenters. The first-order chi connectivity index (χ1) is 7.40. The number of hydrogen-bond acceptors (Lipinski definition) is 4. The Kier molecular flexibility index (Phi) is 4.24. The molecule has 0 fully saturated rings. The summed E-state index contributed by atoms with van der Waals surface area (Å²) in [6.07, 6.45) is 0. The van der Waals surface area contributed by atoms with Crippen molar-refractivity contribution in [3.8, 4) is 0 Å². The van der Waals surface area contributed by atoms with Gasteiger partial charge in [0.05, 0.1) is 5.60 Å². The van der Waals surface area contributed by atoms with E-state index in [0.29, 0.717) is 6.61 Å². The van der Waals surface area contributed by atoms with Crippen molar-refractivity contribution in [1.29, 1.82) is 0 Å². The minimum absolute atomic E-state index is 0.161. The van der Waals surface area contributed by atoms with Crippen LogP contribution in [0.25, 0.3) is 0 Å². The molecule has 1 aromatic heterocycles. The van der Waals surface area contributed by atoms with Crippen molar-refractivity contribution in [2.75, 3.05) is 11.9 Å². The maximum atomic E-state index is 5.65. The van der Waals surface area contributed by atoms with Crippen LogP contribution in [-0.2, 0) is 11.3 Å². The zero-order valence-electron chi connectivity index (χ0n) is 10.8. The third-order valence-electron chi connectivity index (χ3n) is 1.89. The molecule has 0 amide bonds. The molecule has 0 aliphatic heterocycles. The standard InChI is InChI=1S/C12H21N3O/c1-6-13-10-7-9(2)14-11(15-10)8-16-12(3,4)5/h7H,6,8H2,1-5H3,(H,13,14,15). The normalized spacial score (nSPS) is 11.6. The van der Waals surface area contributed by atoms with Gasteiger partial charge in [0.1, 0.15) is 12.4 Å². The highest BCUT2D eigenvalue weighted by atomic mass is 16.5. The Morgan fingerprint density at radius 3 is 2.56 bits per heavy atom. The molecule has 90 valence electrons. The molecule has 1 heterocycles. The Hall–Kier alpha value is -1.16. The fourth-order valence-electron chi connectivity index (χ4n) is 1.25. The lowest BCUT2D eigenvalue weighted by atomic mass is 10.2. The van der Waals surface area contributed by atoms with Crippen molar-refractivity contribution < 1.29 is 4.74 Å². The van der Waals surface area contributed by atoms with Crippen molar-refractivity contribution in [2.45, 2.75) is 46.8 Å². The molecule has 4 heteroatoms. The van der Waals surface area contributed by atoms with E-state index in [1.54, 1.807) is 0 Å². The van der Waals surface area contributed by atoms with Crippen LogP contribution in [-0.4, -0.2) is 22.1 Å². The fourth-order valence-corrected chi connectivity index (χ4v) is 1.25. The molecule has 0 saturated heterocycles. The molecule has 1 rings (SSSR count). The van der Waals surface area contributed by atoms with E-state index in [1.807, 2.05) is 40.7 Å². The van der Waals surface area contributed by atoms with E-state index in [2.05, 4.69) is 15.3 Å². The summed E-state index contributed by atoms with van der Waals surface area (Å²) in [5.74, 6) is 1.59. The minimum atomic E-state index is -0.161. The molecule has 1 aromatic rings. The summed E-state index contributed by atoms with van der Waals surface area (Å²) in [4.78, 5) is 8.72. The number of ether oxygens (including phenoxy) is 1. The predicted octanol–water partition coefficient (Wildman–Crippen LogP) is 2.53. The van der Waals surface area contributed by atoms with E-state index < -0.39 is 0 Å². The first-order valence-corrected chi connectivity index (χ1v) is 5.63. The monoisotopic (exact) mass is 223 g/mol. The largest absolute Gasteiger partial charge is 0.370 e. The van der Waals surface area contributed by atoms with Gasteiger partial charge in [-0.25, -0.2) is 9.97 Å². The highest BCUT2D eigenvalue weighted by Crippen LogP contribution is 2.11. The van der Waals surface area contributed by atoms with Crippen molar-refractivity contribution in [3.63, 3.8) is 0 Å². The number of anilines is 1. The molecule has 0 spiro atoms. The second-order valence-electron chi connectivity index (χ2n) is 4.74. The van der Waals surface area contributed by atoms with E-state index in [9.17, 15) is 0 Å². The van der Waals surface area contributed by atoms with Gasteiger partial charge in [0.25, 0.3) is 0 Å². The Morgan fingerprint density at radius 2 is 2.00 bits per heavy atom. The van der Waals surface area contributed by atoms with E-state index in [-0.39, 0.29) is 5.60 Å². The summed E-state index contributed by atoms with van der Waals surface area (Å²) >= 11 is 0. The number of rotatable bonds is 4. The first kappa shape index (κ1) is 12.9. The van der Waals surface area contributed by atoms with Gasteiger partial charge in [-0.3, -0.25) is 0 Å². The minimum Gasteiger partial charge on any atom is -0.370 e. The second-order valence-corrected chi connectivity index (χ2v) is 4.74. The van der Waals surface area contributed by atoms with Crippen LogP contribution in [0.2, 0.25) is 0 Å². The summed E-state index contributed by atoms with van der Waals surface area (Å²) in [7, 11) is 0. The first-order valence-electron chi connectivity index (χ1n) is 5.63. The molecular formula is C12H21N3O. The Balaban J connectivity index is 2.72. The smallest absolute Gasteiger partial charge is 0.156 e. The van der Waals surface area contributed by atoms with Gasteiger partial charge < -0.3 is 10.1 Å². The van der Waals surface area contributed by atoms with Crippen molar-refractivity contribution in [1.82, 2.24) is 9.97 Å². The zero-order chi connectivity index (χ0) is 12.2. The van der Waals surface area contributed by atoms with Crippen LogP contribution in [0.4, 0.5) is 5.82 Å². The summed E-state index contributed by atoms with van der Waals surface area (Å²) in [5.41, 5.74) is 0.796. The molecule has 0 bridgehead atoms. The maximum Gasteiger partial charge on any atom is 0.156 e. The van der Waals surface area contributed by atoms with Gasteiger partial charge in [-0.2, -0.15) is 0 Å². The van der Waals surface area contributed by atoms with Gasteiger partial charge in [-0.05, 0) is 34.6 Å². The molecule has 0 aromatic carbocycles. The quantitative estimate of drug-likeness (QED) is 0.852. The number of nitrogens with zero attached hydrogens (tertiary/aromatic N) is 2. The third kappa shape index (κ3) is 4.57. The highest BCUT2D eigenvalue weighted by molar-refractivity contribution is 5.35. The third-order valence-corrected chi connectivity index (χ3v) is 1.89. The number of nitrogens with one attached hydrogen (secondary N) is 1. The van der Waals surface area contributed by atoms with Crippen LogP contribution < -0.4 is 5.32 Å². The molecule has 0 saturated carbocycles. The second kappa shape index (κ2) is 5.25. The van der Waals surface area contributed by atoms with Crippen LogP contribution >= 0.6 is 0 Å². The molecule has 1 N–H and O–H groups in total. The molecule has 16 heavy (non-hydrogen) atoms. The van der Waals surface area contributed by atoms with Crippen LogP contribution in [0.1, 0.15) is 39.2 Å². The topological polar surface area (TPSA) is 47.0 Å². The van der Waals surface area contributed by atoms with Crippen LogP contribution in [0.3, 0.4) is 0 Å². The lowest BCUT2D eigenvalue weighted by Gasteiger charge is -2.19. The van der Waals surface area contributed by atoms with Crippen LogP contribution in [0.15, 0.2) is 6.07 Å². The number of hydrogen-bond donors (Lipinski definition) is 1. The summed E-state index contributed by atoms with van der Waals surface area (Å²) < 4.78 is 5.65. The summed E-state index contributed by atoms with van der Waals surface area (Å²) in [6, 6.07) is 1.93.